The lowest BCUT2D eigenvalue weighted by Crippen LogP contribution is -2.29. The molecule has 29 heavy (non-hydrogen) atoms. The summed E-state index contributed by atoms with van der Waals surface area (Å²) < 4.78 is 38.1. The lowest BCUT2D eigenvalue weighted by molar-refractivity contribution is -0.116. The van der Waals surface area contributed by atoms with Gasteiger partial charge in [0.1, 0.15) is 5.84 Å². The van der Waals surface area contributed by atoms with E-state index in [4.69, 9.17) is 9.47 Å². The molecule has 4 rings (SSSR count). The van der Waals surface area contributed by atoms with E-state index in [-0.39, 0.29) is 24.0 Å². The van der Waals surface area contributed by atoms with Crippen molar-refractivity contribution in [2.75, 3.05) is 18.7 Å². The summed E-state index contributed by atoms with van der Waals surface area (Å²) in [7, 11) is -3.72. The van der Waals surface area contributed by atoms with Gasteiger partial charge in [-0.2, -0.15) is 0 Å². The van der Waals surface area contributed by atoms with E-state index in [0.717, 1.165) is 12.0 Å². The van der Waals surface area contributed by atoms with Crippen LogP contribution in [0, 0.1) is 0 Å². The van der Waals surface area contributed by atoms with Crippen LogP contribution in [0.3, 0.4) is 0 Å². The van der Waals surface area contributed by atoms with Gasteiger partial charge >= 0.3 is 0 Å². The lowest BCUT2D eigenvalue weighted by atomic mass is 10.1. The van der Waals surface area contributed by atoms with Crippen LogP contribution >= 0.6 is 0 Å². The molecule has 2 aliphatic rings. The van der Waals surface area contributed by atoms with Gasteiger partial charge in [-0.15, -0.1) is 0 Å². The van der Waals surface area contributed by atoms with Crippen LogP contribution in [0.25, 0.3) is 0 Å². The van der Waals surface area contributed by atoms with Crippen molar-refractivity contribution < 1.29 is 22.7 Å². The average Bonchev–Trinajstić information content (AvgIpc) is 3.37. The SMILES string of the molecule is O=C(CCc1ccc2c(c1)OCO2)Nc1cccc(S(=O)(=O)NC2=NCCC2)c1. The molecule has 0 bridgehead atoms. The van der Waals surface area contributed by atoms with E-state index < -0.39 is 10.0 Å². The zero-order chi connectivity index (χ0) is 20.3. The molecule has 0 fully saturated rings. The fourth-order valence-electron chi connectivity index (χ4n) is 3.16. The second kappa shape index (κ2) is 8.12. The molecule has 2 N–H and O–H groups in total. The largest absolute Gasteiger partial charge is 0.454 e. The molecule has 2 aromatic carbocycles. The Morgan fingerprint density at radius 3 is 2.79 bits per heavy atom. The summed E-state index contributed by atoms with van der Waals surface area (Å²) in [5.74, 6) is 1.65. The van der Waals surface area contributed by atoms with Crippen LogP contribution in [-0.2, 0) is 21.2 Å². The fraction of sp³-hybridized carbons (Fsp3) is 0.300. The van der Waals surface area contributed by atoms with Crippen molar-refractivity contribution in [3.8, 4) is 11.5 Å². The Kier molecular flexibility index (Phi) is 5.39. The molecule has 2 aromatic rings. The molecule has 152 valence electrons. The number of carbonyl (C=O) groups excluding carboxylic acids is 1. The van der Waals surface area contributed by atoms with E-state index in [0.29, 0.717) is 42.4 Å². The van der Waals surface area contributed by atoms with E-state index in [9.17, 15) is 13.2 Å². The smallest absolute Gasteiger partial charge is 0.262 e. The van der Waals surface area contributed by atoms with E-state index in [1.54, 1.807) is 12.1 Å². The number of anilines is 1. The van der Waals surface area contributed by atoms with E-state index in [1.165, 1.54) is 12.1 Å². The number of aryl methyl sites for hydroxylation is 1. The van der Waals surface area contributed by atoms with E-state index in [2.05, 4.69) is 15.0 Å². The zero-order valence-electron chi connectivity index (χ0n) is 15.7. The maximum Gasteiger partial charge on any atom is 0.262 e. The van der Waals surface area contributed by atoms with E-state index in [1.807, 2.05) is 18.2 Å². The maximum atomic E-state index is 12.5. The van der Waals surface area contributed by atoms with Crippen LogP contribution in [0.4, 0.5) is 5.69 Å². The topological polar surface area (TPSA) is 106 Å². The molecule has 9 heteroatoms. The van der Waals surface area contributed by atoms with Gasteiger partial charge in [0.15, 0.2) is 11.5 Å². The Morgan fingerprint density at radius 2 is 1.97 bits per heavy atom. The summed E-state index contributed by atoms with van der Waals surface area (Å²) >= 11 is 0. The first kappa shape index (κ1) is 19.3. The summed E-state index contributed by atoms with van der Waals surface area (Å²) in [5, 5.41) is 2.75. The minimum atomic E-state index is -3.72. The summed E-state index contributed by atoms with van der Waals surface area (Å²) in [5.41, 5.74) is 1.39. The highest BCUT2D eigenvalue weighted by atomic mass is 32.2. The van der Waals surface area contributed by atoms with Crippen molar-refractivity contribution in [2.45, 2.75) is 30.6 Å². The lowest BCUT2D eigenvalue weighted by Gasteiger charge is -2.10. The molecule has 2 aliphatic heterocycles. The number of hydrogen-bond acceptors (Lipinski definition) is 6. The number of sulfonamides is 1. The molecule has 0 saturated heterocycles. The maximum absolute atomic E-state index is 12.5. The molecule has 0 aliphatic carbocycles. The number of benzene rings is 2. The first-order chi connectivity index (χ1) is 14.0. The van der Waals surface area contributed by atoms with Gasteiger partial charge in [0.25, 0.3) is 10.0 Å². The summed E-state index contributed by atoms with van der Waals surface area (Å²) in [4.78, 5) is 16.5. The molecule has 0 unspecified atom stereocenters. The van der Waals surface area contributed by atoms with Crippen LogP contribution in [0.5, 0.6) is 11.5 Å². The van der Waals surface area contributed by atoms with Crippen molar-refractivity contribution in [2.24, 2.45) is 4.99 Å². The minimum absolute atomic E-state index is 0.0840. The van der Waals surface area contributed by atoms with Gasteiger partial charge in [0.05, 0.1) is 4.90 Å². The fourth-order valence-corrected chi connectivity index (χ4v) is 4.29. The third-order valence-corrected chi connectivity index (χ3v) is 6.01. The van der Waals surface area contributed by atoms with E-state index >= 15 is 0 Å². The van der Waals surface area contributed by atoms with Crippen LogP contribution in [-0.4, -0.2) is 33.5 Å². The molecule has 0 radical (unpaired) electrons. The van der Waals surface area contributed by atoms with Gasteiger partial charge in [-0.1, -0.05) is 12.1 Å². The molecule has 0 spiro atoms. The third kappa shape index (κ3) is 4.68. The summed E-state index contributed by atoms with van der Waals surface area (Å²) in [6.45, 7) is 0.845. The standard InChI is InChI=1S/C20H21N3O5S/c24-20(9-7-14-6-8-17-18(11-14)28-13-27-17)22-15-3-1-4-16(12-15)29(25,26)23-19-5-2-10-21-19/h1,3-4,6,8,11-12H,2,5,7,9-10,13H2,(H,21,23)(H,22,24). The molecular weight excluding hydrogens is 394 g/mol. The van der Waals surface area contributed by atoms with Gasteiger partial charge in [0, 0.05) is 25.1 Å². The van der Waals surface area contributed by atoms with Gasteiger partial charge in [0.2, 0.25) is 12.7 Å². The number of rotatable bonds is 6. The average molecular weight is 415 g/mol. The van der Waals surface area contributed by atoms with Crippen molar-refractivity contribution in [1.29, 1.82) is 0 Å². The first-order valence-electron chi connectivity index (χ1n) is 9.34. The number of hydrogen-bond donors (Lipinski definition) is 2. The minimum Gasteiger partial charge on any atom is -0.454 e. The Labute approximate surface area is 169 Å². The number of nitrogens with one attached hydrogen (secondary N) is 2. The summed E-state index contributed by atoms with van der Waals surface area (Å²) in [6, 6.07) is 11.8. The number of fused-ring (bicyclic) bond motifs is 1. The van der Waals surface area contributed by atoms with Crippen molar-refractivity contribution in [1.82, 2.24) is 4.72 Å². The highest BCUT2D eigenvalue weighted by molar-refractivity contribution is 7.90. The molecule has 0 atom stereocenters. The summed E-state index contributed by atoms with van der Waals surface area (Å²) in [6.07, 6.45) is 2.25. The Bertz CT molecular complexity index is 1070. The Balaban J connectivity index is 1.36. The van der Waals surface area contributed by atoms with Gasteiger partial charge in [-0.25, -0.2) is 8.42 Å². The van der Waals surface area contributed by atoms with Crippen LogP contribution in [0.1, 0.15) is 24.8 Å². The number of amides is 1. The number of carbonyl (C=O) groups is 1. The third-order valence-electron chi connectivity index (χ3n) is 4.63. The second-order valence-electron chi connectivity index (χ2n) is 6.80. The van der Waals surface area contributed by atoms with Gasteiger partial charge in [-0.05, 0) is 48.7 Å². The molecule has 8 nitrogen and oxygen atoms in total. The second-order valence-corrected chi connectivity index (χ2v) is 8.48. The number of aliphatic imine (C=N–C) groups is 1. The van der Waals surface area contributed by atoms with Crippen molar-refractivity contribution in [3.05, 3.63) is 48.0 Å². The predicted octanol–water partition coefficient (Wildman–Crippen LogP) is 2.46. The molecule has 2 heterocycles. The Hall–Kier alpha value is -3.07. The molecule has 0 saturated carbocycles. The highest BCUT2D eigenvalue weighted by Crippen LogP contribution is 2.32. The number of nitrogens with zero attached hydrogens (tertiary/aromatic N) is 1. The predicted molar refractivity (Wildman–Crippen MR) is 108 cm³/mol. The van der Waals surface area contributed by atoms with Gasteiger partial charge in [-0.3, -0.25) is 14.5 Å². The first-order valence-corrected chi connectivity index (χ1v) is 10.8. The molecule has 1 amide bonds. The molecular formula is C20H21N3O5S. The number of ether oxygens (including phenoxy) is 2. The van der Waals surface area contributed by atoms with Crippen LogP contribution in [0.2, 0.25) is 0 Å². The zero-order valence-corrected chi connectivity index (χ0v) is 16.5. The van der Waals surface area contributed by atoms with Gasteiger partial charge < -0.3 is 14.8 Å². The monoisotopic (exact) mass is 415 g/mol. The normalized spacial score (nSPS) is 15.1. The van der Waals surface area contributed by atoms with Crippen LogP contribution < -0.4 is 19.5 Å². The van der Waals surface area contributed by atoms with Crippen LogP contribution in [0.15, 0.2) is 52.4 Å². The molecule has 0 aromatic heterocycles. The number of amidine groups is 1. The Morgan fingerprint density at radius 1 is 1.10 bits per heavy atom. The van der Waals surface area contributed by atoms with Crippen molar-refractivity contribution >= 4 is 27.5 Å². The highest BCUT2D eigenvalue weighted by Gasteiger charge is 2.19. The van der Waals surface area contributed by atoms with Crippen molar-refractivity contribution in [3.63, 3.8) is 0 Å². The quantitative estimate of drug-likeness (QED) is 0.754.